The predicted octanol–water partition coefficient (Wildman–Crippen LogP) is 4.07. The van der Waals surface area contributed by atoms with Crippen molar-refractivity contribution in [2.75, 3.05) is 13.6 Å². The van der Waals surface area contributed by atoms with E-state index in [0.717, 1.165) is 29.8 Å². The summed E-state index contributed by atoms with van der Waals surface area (Å²) in [4.78, 5) is 6.55. The molecule has 2 aromatic carbocycles. The van der Waals surface area contributed by atoms with Gasteiger partial charge >= 0.3 is 0 Å². The van der Waals surface area contributed by atoms with Crippen molar-refractivity contribution >= 4 is 12.0 Å². The molecule has 0 saturated heterocycles. The van der Waals surface area contributed by atoms with Gasteiger partial charge in [0.1, 0.15) is 0 Å². The van der Waals surface area contributed by atoms with Gasteiger partial charge in [0.15, 0.2) is 0 Å². The third kappa shape index (κ3) is 3.95. The van der Waals surface area contributed by atoms with Crippen LogP contribution in [0, 0.1) is 18.3 Å². The molecule has 0 bridgehead atoms. The van der Waals surface area contributed by atoms with Gasteiger partial charge in [-0.25, -0.2) is 4.99 Å². The van der Waals surface area contributed by atoms with Crippen LogP contribution in [0.4, 0.5) is 5.69 Å². The molecule has 22 heavy (non-hydrogen) atoms. The first kappa shape index (κ1) is 15.8. The Hall–Kier alpha value is -2.60. The maximum absolute atomic E-state index is 9.25. The van der Waals surface area contributed by atoms with E-state index in [9.17, 15) is 5.26 Å². The van der Waals surface area contributed by atoms with Gasteiger partial charge in [0.25, 0.3) is 0 Å². The smallest absolute Gasteiger partial charge is 0.0992 e. The SMILES string of the molecule is CCN(C)/C=N\c1cc(C#N)cc(Cc2ccccc2)c1C. The monoisotopic (exact) mass is 291 g/mol. The first-order valence-corrected chi connectivity index (χ1v) is 7.46. The van der Waals surface area contributed by atoms with Crippen molar-refractivity contribution < 1.29 is 0 Å². The molecular weight excluding hydrogens is 270 g/mol. The Labute approximate surface area is 132 Å². The summed E-state index contributed by atoms with van der Waals surface area (Å²) in [6, 6.07) is 16.3. The number of nitriles is 1. The largest absolute Gasteiger partial charge is 0.366 e. The number of hydrogen-bond donors (Lipinski definition) is 0. The Morgan fingerprint density at radius 2 is 1.95 bits per heavy atom. The molecule has 2 rings (SSSR count). The molecule has 0 spiro atoms. The molecule has 112 valence electrons. The minimum atomic E-state index is 0.655. The van der Waals surface area contributed by atoms with Crippen molar-refractivity contribution in [3.05, 3.63) is 64.7 Å². The van der Waals surface area contributed by atoms with Crippen LogP contribution in [0.1, 0.15) is 29.2 Å². The van der Waals surface area contributed by atoms with E-state index < -0.39 is 0 Å². The molecule has 3 heteroatoms. The van der Waals surface area contributed by atoms with Gasteiger partial charge in [0.2, 0.25) is 0 Å². The van der Waals surface area contributed by atoms with E-state index in [1.165, 1.54) is 5.56 Å². The topological polar surface area (TPSA) is 39.4 Å². The highest BCUT2D eigenvalue weighted by Crippen LogP contribution is 2.26. The summed E-state index contributed by atoms with van der Waals surface area (Å²) in [7, 11) is 1.98. The summed E-state index contributed by atoms with van der Waals surface area (Å²) in [6.45, 7) is 5.04. The highest BCUT2D eigenvalue weighted by atomic mass is 15.1. The fraction of sp³-hybridized carbons (Fsp3) is 0.263. The van der Waals surface area contributed by atoms with E-state index in [1.54, 1.807) is 0 Å². The molecule has 0 aliphatic heterocycles. The number of benzene rings is 2. The molecule has 0 atom stereocenters. The molecule has 0 saturated carbocycles. The fourth-order valence-electron chi connectivity index (χ4n) is 2.20. The van der Waals surface area contributed by atoms with Crippen LogP contribution in [0.15, 0.2) is 47.5 Å². The zero-order chi connectivity index (χ0) is 15.9. The van der Waals surface area contributed by atoms with E-state index in [4.69, 9.17) is 0 Å². The average molecular weight is 291 g/mol. The second kappa shape index (κ2) is 7.42. The Balaban J connectivity index is 2.38. The summed E-state index contributed by atoms with van der Waals surface area (Å²) in [5.74, 6) is 0. The van der Waals surface area contributed by atoms with E-state index in [-0.39, 0.29) is 0 Å². The highest BCUT2D eigenvalue weighted by molar-refractivity contribution is 5.65. The van der Waals surface area contributed by atoms with Gasteiger partial charge < -0.3 is 4.90 Å². The van der Waals surface area contributed by atoms with Crippen molar-refractivity contribution in [1.82, 2.24) is 4.90 Å². The molecule has 0 radical (unpaired) electrons. The van der Waals surface area contributed by atoms with Crippen molar-refractivity contribution in [3.63, 3.8) is 0 Å². The van der Waals surface area contributed by atoms with Gasteiger partial charge in [-0.3, -0.25) is 0 Å². The quantitative estimate of drug-likeness (QED) is 0.615. The van der Waals surface area contributed by atoms with Gasteiger partial charge in [-0.15, -0.1) is 0 Å². The minimum absolute atomic E-state index is 0.655. The van der Waals surface area contributed by atoms with Crippen molar-refractivity contribution in [2.45, 2.75) is 20.3 Å². The van der Waals surface area contributed by atoms with Crippen LogP contribution in [-0.2, 0) is 6.42 Å². The predicted molar refractivity (Wildman–Crippen MR) is 91.6 cm³/mol. The van der Waals surface area contributed by atoms with Gasteiger partial charge in [0.05, 0.1) is 23.7 Å². The summed E-state index contributed by atoms with van der Waals surface area (Å²) in [5.41, 5.74) is 5.04. The van der Waals surface area contributed by atoms with Crippen molar-refractivity contribution in [1.29, 1.82) is 5.26 Å². The number of rotatable bonds is 5. The number of aliphatic imine (C=N–C) groups is 1. The van der Waals surface area contributed by atoms with Crippen molar-refractivity contribution in [2.24, 2.45) is 4.99 Å². The van der Waals surface area contributed by atoms with Gasteiger partial charge in [-0.2, -0.15) is 5.26 Å². The maximum atomic E-state index is 9.25. The second-order valence-electron chi connectivity index (χ2n) is 5.37. The van der Waals surface area contributed by atoms with E-state index in [0.29, 0.717) is 5.56 Å². The third-order valence-corrected chi connectivity index (χ3v) is 3.75. The molecule has 3 nitrogen and oxygen atoms in total. The van der Waals surface area contributed by atoms with Crippen LogP contribution in [0.5, 0.6) is 0 Å². The lowest BCUT2D eigenvalue weighted by Gasteiger charge is -2.12. The van der Waals surface area contributed by atoms with Crippen LogP contribution >= 0.6 is 0 Å². The Kier molecular flexibility index (Phi) is 5.32. The Bertz CT molecular complexity index is 697. The lowest BCUT2D eigenvalue weighted by molar-refractivity contribution is 0.552. The number of nitrogens with zero attached hydrogens (tertiary/aromatic N) is 3. The average Bonchev–Trinajstić information content (AvgIpc) is 2.56. The molecule has 0 aliphatic rings. The van der Waals surface area contributed by atoms with Gasteiger partial charge in [0, 0.05) is 13.6 Å². The second-order valence-corrected chi connectivity index (χ2v) is 5.37. The van der Waals surface area contributed by atoms with Crippen LogP contribution in [0.2, 0.25) is 0 Å². The zero-order valence-corrected chi connectivity index (χ0v) is 13.4. The first-order valence-electron chi connectivity index (χ1n) is 7.46. The lowest BCUT2D eigenvalue weighted by atomic mass is 9.97. The maximum Gasteiger partial charge on any atom is 0.0992 e. The first-order chi connectivity index (χ1) is 10.6. The third-order valence-electron chi connectivity index (χ3n) is 3.75. The fourth-order valence-corrected chi connectivity index (χ4v) is 2.20. The van der Waals surface area contributed by atoms with Gasteiger partial charge in [-0.05, 0) is 49.1 Å². The zero-order valence-electron chi connectivity index (χ0n) is 13.4. The molecule has 0 unspecified atom stereocenters. The Morgan fingerprint density at radius 1 is 1.23 bits per heavy atom. The van der Waals surface area contributed by atoms with Crippen LogP contribution in [-0.4, -0.2) is 24.8 Å². The van der Waals surface area contributed by atoms with E-state index in [1.807, 2.05) is 48.6 Å². The van der Waals surface area contributed by atoms with E-state index in [2.05, 4.69) is 37.0 Å². The van der Waals surface area contributed by atoms with Crippen LogP contribution < -0.4 is 0 Å². The van der Waals surface area contributed by atoms with Crippen molar-refractivity contribution in [3.8, 4) is 6.07 Å². The highest BCUT2D eigenvalue weighted by Gasteiger charge is 2.07. The summed E-state index contributed by atoms with van der Waals surface area (Å²) in [6.07, 6.45) is 2.63. The molecule has 0 aromatic heterocycles. The standard InChI is InChI=1S/C19H21N3/c1-4-22(3)14-21-19-12-17(13-20)11-18(15(19)2)10-16-8-6-5-7-9-16/h5-9,11-12,14H,4,10H2,1-3H3/b21-14-. The lowest BCUT2D eigenvalue weighted by Crippen LogP contribution is -2.14. The van der Waals surface area contributed by atoms with E-state index >= 15 is 0 Å². The molecule has 0 N–H and O–H groups in total. The molecule has 0 fully saturated rings. The molecule has 0 aliphatic carbocycles. The Morgan fingerprint density at radius 3 is 2.59 bits per heavy atom. The van der Waals surface area contributed by atoms with Crippen LogP contribution in [0.3, 0.4) is 0 Å². The van der Waals surface area contributed by atoms with Crippen LogP contribution in [0.25, 0.3) is 0 Å². The van der Waals surface area contributed by atoms with Gasteiger partial charge in [-0.1, -0.05) is 30.3 Å². The normalized spacial score (nSPS) is 10.6. The molecule has 0 heterocycles. The summed E-state index contributed by atoms with van der Waals surface area (Å²) < 4.78 is 0. The minimum Gasteiger partial charge on any atom is -0.366 e. The molecular formula is C19H21N3. The summed E-state index contributed by atoms with van der Waals surface area (Å²) in [5, 5.41) is 9.25. The summed E-state index contributed by atoms with van der Waals surface area (Å²) >= 11 is 0. The molecule has 2 aromatic rings. The molecule has 0 amide bonds. The number of hydrogen-bond acceptors (Lipinski definition) is 2.